The number of nitrogens with one attached hydrogen (secondary N) is 1. The van der Waals surface area contributed by atoms with Crippen molar-refractivity contribution in [3.63, 3.8) is 0 Å². The van der Waals surface area contributed by atoms with Crippen LogP contribution in [-0.2, 0) is 21.0 Å². The van der Waals surface area contributed by atoms with Gasteiger partial charge in [0.05, 0.1) is 33.2 Å². The second-order valence-electron chi connectivity index (χ2n) is 5.46. The first-order chi connectivity index (χ1) is 12.4. The quantitative estimate of drug-likeness (QED) is 0.748. The maximum absolute atomic E-state index is 12.9. The molecule has 1 N–H and O–H groups in total. The molecule has 146 valence electrons. The lowest BCUT2D eigenvalue weighted by atomic mass is 10.2. The van der Waals surface area contributed by atoms with Gasteiger partial charge >= 0.3 is 6.18 Å². The van der Waals surface area contributed by atoms with Gasteiger partial charge in [-0.15, -0.1) is 0 Å². The largest absolute Gasteiger partial charge is 0.416 e. The van der Waals surface area contributed by atoms with Gasteiger partial charge in [0.1, 0.15) is 6.54 Å². The Kier molecular flexibility index (Phi) is 6.28. The van der Waals surface area contributed by atoms with Crippen molar-refractivity contribution in [1.29, 1.82) is 0 Å². The first-order valence-electron chi connectivity index (χ1n) is 7.28. The van der Waals surface area contributed by atoms with Crippen LogP contribution in [-0.4, -0.2) is 27.1 Å². The zero-order valence-corrected chi connectivity index (χ0v) is 16.0. The Morgan fingerprint density at radius 3 is 2.19 bits per heavy atom. The SMILES string of the molecule is CS(=O)(=O)N(CC(=O)Nc1c(Cl)cccc1Cl)c1cccc(C(F)(F)F)c1. The van der Waals surface area contributed by atoms with Gasteiger partial charge in [-0.1, -0.05) is 35.3 Å². The topological polar surface area (TPSA) is 66.5 Å². The lowest BCUT2D eigenvalue weighted by Gasteiger charge is -2.23. The van der Waals surface area contributed by atoms with Gasteiger partial charge in [-0.05, 0) is 30.3 Å². The fraction of sp³-hybridized carbons (Fsp3) is 0.188. The van der Waals surface area contributed by atoms with E-state index in [1.54, 1.807) is 6.07 Å². The van der Waals surface area contributed by atoms with Crippen molar-refractivity contribution in [1.82, 2.24) is 0 Å². The van der Waals surface area contributed by atoms with Gasteiger partial charge in [0.15, 0.2) is 0 Å². The molecule has 2 rings (SSSR count). The molecular weight excluding hydrogens is 428 g/mol. The molecule has 11 heteroatoms. The van der Waals surface area contributed by atoms with Gasteiger partial charge in [-0.2, -0.15) is 13.2 Å². The lowest BCUT2D eigenvalue weighted by molar-refractivity contribution is -0.137. The van der Waals surface area contributed by atoms with E-state index in [4.69, 9.17) is 23.2 Å². The van der Waals surface area contributed by atoms with Crippen LogP contribution in [0.25, 0.3) is 0 Å². The summed E-state index contributed by atoms with van der Waals surface area (Å²) in [5.74, 6) is -0.826. The molecule has 0 radical (unpaired) electrons. The summed E-state index contributed by atoms with van der Waals surface area (Å²) in [5, 5.41) is 2.62. The van der Waals surface area contributed by atoms with Crippen molar-refractivity contribution in [3.05, 3.63) is 58.1 Å². The molecule has 2 aromatic rings. The highest BCUT2D eigenvalue weighted by Crippen LogP contribution is 2.33. The van der Waals surface area contributed by atoms with Gasteiger partial charge in [-0.3, -0.25) is 9.10 Å². The molecular formula is C16H13Cl2F3N2O3S. The molecule has 0 aliphatic rings. The predicted octanol–water partition coefficient (Wildman–Crippen LogP) is 4.42. The molecule has 0 atom stereocenters. The van der Waals surface area contributed by atoms with E-state index < -0.39 is 34.2 Å². The van der Waals surface area contributed by atoms with Crippen molar-refractivity contribution in [2.45, 2.75) is 6.18 Å². The number of carbonyl (C=O) groups is 1. The third-order valence-electron chi connectivity index (χ3n) is 3.38. The molecule has 1 amide bonds. The summed E-state index contributed by atoms with van der Waals surface area (Å²) < 4.78 is 63.3. The average Bonchev–Trinajstić information content (AvgIpc) is 2.54. The van der Waals surface area contributed by atoms with Crippen LogP contribution in [0.1, 0.15) is 5.56 Å². The summed E-state index contributed by atoms with van der Waals surface area (Å²) in [6, 6.07) is 8.13. The number of sulfonamides is 1. The normalized spacial score (nSPS) is 11.9. The highest BCUT2D eigenvalue weighted by molar-refractivity contribution is 7.92. The van der Waals surface area contributed by atoms with Crippen LogP contribution >= 0.6 is 23.2 Å². The molecule has 0 aliphatic carbocycles. The van der Waals surface area contributed by atoms with Crippen molar-refractivity contribution in [3.8, 4) is 0 Å². The number of nitrogens with zero attached hydrogens (tertiary/aromatic N) is 1. The Morgan fingerprint density at radius 2 is 1.67 bits per heavy atom. The monoisotopic (exact) mass is 440 g/mol. The van der Waals surface area contributed by atoms with Crippen molar-refractivity contribution in [2.24, 2.45) is 0 Å². The number of benzene rings is 2. The van der Waals surface area contributed by atoms with Gasteiger partial charge in [-0.25, -0.2) is 8.42 Å². The highest BCUT2D eigenvalue weighted by Gasteiger charge is 2.32. The number of hydrogen-bond donors (Lipinski definition) is 1. The van der Waals surface area contributed by atoms with Crippen LogP contribution < -0.4 is 9.62 Å². The first-order valence-corrected chi connectivity index (χ1v) is 9.89. The van der Waals surface area contributed by atoms with Gasteiger partial charge in [0, 0.05) is 0 Å². The average molecular weight is 441 g/mol. The molecule has 0 aliphatic heterocycles. The number of rotatable bonds is 5. The summed E-state index contributed by atoms with van der Waals surface area (Å²) in [6.07, 6.45) is -3.88. The number of carbonyl (C=O) groups excluding carboxylic acids is 1. The van der Waals surface area contributed by atoms with Crippen LogP contribution in [0.5, 0.6) is 0 Å². The van der Waals surface area contributed by atoms with Crippen molar-refractivity contribution >= 4 is 50.5 Å². The standard InChI is InChI=1S/C16H13Cl2F3N2O3S/c1-27(25,26)23(11-5-2-4-10(8-11)16(19,20)21)9-14(24)22-15-12(17)6-3-7-13(15)18/h2-8H,9H2,1H3,(H,22,24). The fourth-order valence-electron chi connectivity index (χ4n) is 2.16. The Labute approximate surface area is 163 Å². The molecule has 0 aromatic heterocycles. The Balaban J connectivity index is 2.32. The third-order valence-corrected chi connectivity index (χ3v) is 5.15. The number of para-hydroxylation sites is 1. The second kappa shape index (κ2) is 7.95. The maximum atomic E-state index is 12.9. The van der Waals surface area contributed by atoms with Gasteiger partial charge < -0.3 is 5.32 Å². The van der Waals surface area contributed by atoms with E-state index in [2.05, 4.69) is 5.32 Å². The zero-order chi connectivity index (χ0) is 20.4. The van der Waals surface area contributed by atoms with E-state index in [9.17, 15) is 26.4 Å². The molecule has 0 fully saturated rings. The Bertz CT molecular complexity index is 945. The minimum atomic E-state index is -4.66. The lowest BCUT2D eigenvalue weighted by Crippen LogP contribution is -2.37. The van der Waals surface area contributed by atoms with E-state index in [0.29, 0.717) is 10.4 Å². The zero-order valence-electron chi connectivity index (χ0n) is 13.7. The molecule has 0 bridgehead atoms. The molecule has 2 aromatic carbocycles. The van der Waals surface area contributed by atoms with E-state index in [-0.39, 0.29) is 21.4 Å². The van der Waals surface area contributed by atoms with Crippen LogP contribution in [0.3, 0.4) is 0 Å². The van der Waals surface area contributed by atoms with E-state index in [0.717, 1.165) is 24.5 Å². The summed E-state index contributed by atoms with van der Waals surface area (Å²) in [7, 11) is -4.05. The highest BCUT2D eigenvalue weighted by atomic mass is 35.5. The van der Waals surface area contributed by atoms with Crippen molar-refractivity contribution in [2.75, 3.05) is 22.4 Å². The van der Waals surface area contributed by atoms with E-state index in [1.165, 1.54) is 12.1 Å². The van der Waals surface area contributed by atoms with Crippen LogP contribution in [0.4, 0.5) is 24.5 Å². The number of alkyl halides is 3. The number of halogens is 5. The number of hydrogen-bond acceptors (Lipinski definition) is 3. The minimum absolute atomic E-state index is 0.0725. The Morgan fingerprint density at radius 1 is 1.11 bits per heavy atom. The second-order valence-corrected chi connectivity index (χ2v) is 8.18. The van der Waals surface area contributed by atoms with Crippen LogP contribution in [0.2, 0.25) is 10.0 Å². The number of anilines is 2. The third kappa shape index (κ3) is 5.50. The Hall–Kier alpha value is -1.97. The summed E-state index contributed by atoms with van der Waals surface area (Å²) >= 11 is 11.9. The van der Waals surface area contributed by atoms with Crippen LogP contribution in [0.15, 0.2) is 42.5 Å². The summed E-state index contributed by atoms with van der Waals surface area (Å²) in [6.45, 7) is -0.762. The molecule has 0 saturated heterocycles. The van der Waals surface area contributed by atoms with Crippen LogP contribution in [0, 0.1) is 0 Å². The predicted molar refractivity (Wildman–Crippen MR) is 98.7 cm³/mol. The van der Waals surface area contributed by atoms with Gasteiger partial charge in [0.25, 0.3) is 0 Å². The molecule has 0 spiro atoms. The molecule has 5 nitrogen and oxygen atoms in total. The first kappa shape index (κ1) is 21.3. The minimum Gasteiger partial charge on any atom is -0.322 e. The smallest absolute Gasteiger partial charge is 0.322 e. The molecule has 27 heavy (non-hydrogen) atoms. The molecule has 0 unspecified atom stereocenters. The fourth-order valence-corrected chi connectivity index (χ4v) is 3.50. The maximum Gasteiger partial charge on any atom is 0.416 e. The molecule has 0 heterocycles. The molecule has 0 saturated carbocycles. The van der Waals surface area contributed by atoms with Gasteiger partial charge in [0.2, 0.25) is 15.9 Å². The number of amides is 1. The van der Waals surface area contributed by atoms with E-state index >= 15 is 0 Å². The summed E-state index contributed by atoms with van der Waals surface area (Å²) in [4.78, 5) is 12.3. The summed E-state index contributed by atoms with van der Waals surface area (Å²) in [5.41, 5.74) is -1.26. The van der Waals surface area contributed by atoms with Crippen molar-refractivity contribution < 1.29 is 26.4 Å². The van der Waals surface area contributed by atoms with E-state index in [1.807, 2.05) is 0 Å².